The molecule has 0 saturated heterocycles. The molecule has 5 nitrogen and oxygen atoms in total. The summed E-state index contributed by atoms with van der Waals surface area (Å²) in [6.07, 6.45) is 0.849. The fourth-order valence-corrected chi connectivity index (χ4v) is 4.59. The number of hydrogen-bond acceptors (Lipinski definition) is 3. The molecule has 33 heavy (non-hydrogen) atoms. The molecule has 168 valence electrons. The number of rotatable bonds is 3. The monoisotopic (exact) mass is 440 g/mol. The topological polar surface area (TPSA) is 49.9 Å². The predicted molar refractivity (Wildman–Crippen MR) is 128 cm³/mol. The van der Waals surface area contributed by atoms with E-state index >= 15 is 0 Å². The van der Waals surface area contributed by atoms with Crippen LogP contribution in [0.5, 0.6) is 5.75 Å². The highest BCUT2D eigenvalue weighted by Crippen LogP contribution is 2.39. The van der Waals surface area contributed by atoms with Gasteiger partial charge in [-0.1, -0.05) is 54.1 Å². The van der Waals surface area contributed by atoms with Crippen molar-refractivity contribution >= 4 is 17.5 Å². The van der Waals surface area contributed by atoms with E-state index in [2.05, 4.69) is 12.1 Å². The van der Waals surface area contributed by atoms with Gasteiger partial charge in [-0.2, -0.15) is 0 Å². The van der Waals surface area contributed by atoms with Crippen LogP contribution in [-0.4, -0.2) is 28.9 Å². The van der Waals surface area contributed by atoms with Gasteiger partial charge in [0.15, 0.2) is 5.60 Å². The summed E-state index contributed by atoms with van der Waals surface area (Å²) in [5.74, 6) is 0.471. The van der Waals surface area contributed by atoms with Crippen molar-refractivity contribution in [1.82, 2.24) is 4.90 Å². The summed E-state index contributed by atoms with van der Waals surface area (Å²) in [7, 11) is 0. The summed E-state index contributed by atoms with van der Waals surface area (Å²) in [5.41, 5.74) is 4.93. The zero-order valence-electron chi connectivity index (χ0n) is 19.3. The number of ether oxygens (including phenoxy) is 1. The molecular weight excluding hydrogens is 412 g/mol. The van der Waals surface area contributed by atoms with Gasteiger partial charge in [-0.3, -0.25) is 9.59 Å². The Kier molecular flexibility index (Phi) is 5.20. The number of aryl methyl sites for hydroxylation is 1. The molecular formula is C28H28N2O3. The van der Waals surface area contributed by atoms with Gasteiger partial charge < -0.3 is 14.5 Å². The van der Waals surface area contributed by atoms with E-state index in [1.807, 2.05) is 54.3 Å². The molecule has 5 heteroatoms. The van der Waals surface area contributed by atoms with Crippen LogP contribution in [0.3, 0.4) is 0 Å². The molecule has 0 fully saturated rings. The third-order valence-electron chi connectivity index (χ3n) is 6.50. The van der Waals surface area contributed by atoms with Crippen LogP contribution in [-0.2, 0) is 24.3 Å². The van der Waals surface area contributed by atoms with E-state index in [0.29, 0.717) is 36.6 Å². The van der Waals surface area contributed by atoms with Gasteiger partial charge in [0, 0.05) is 18.7 Å². The summed E-state index contributed by atoms with van der Waals surface area (Å²) in [4.78, 5) is 30.3. The first kappa shape index (κ1) is 21.3. The standard InChI is InChI=1S/C28H28N2O3/c1-19-8-10-20(11-9-19)17-30-24-16-22(12-13-25(24)33-28(2,3)27(30)32)26(31)29-15-14-21-6-4-5-7-23(21)18-29/h4-13,16H,14-15,17-18H2,1-3H3. The number of amides is 2. The number of fused-ring (bicyclic) bond motifs is 2. The van der Waals surface area contributed by atoms with Crippen molar-refractivity contribution in [1.29, 1.82) is 0 Å². The molecule has 0 unspecified atom stereocenters. The van der Waals surface area contributed by atoms with Crippen LogP contribution in [0.1, 0.15) is 46.5 Å². The number of carbonyl (C=O) groups is 2. The van der Waals surface area contributed by atoms with E-state index in [1.165, 1.54) is 16.7 Å². The molecule has 0 atom stereocenters. The van der Waals surface area contributed by atoms with Crippen LogP contribution in [0.4, 0.5) is 5.69 Å². The largest absolute Gasteiger partial charge is 0.476 e. The molecule has 2 heterocycles. The number of hydrogen-bond donors (Lipinski definition) is 0. The van der Waals surface area contributed by atoms with Crippen LogP contribution < -0.4 is 9.64 Å². The van der Waals surface area contributed by atoms with Crippen molar-refractivity contribution in [2.75, 3.05) is 11.4 Å². The van der Waals surface area contributed by atoms with Gasteiger partial charge in [0.2, 0.25) is 0 Å². The van der Waals surface area contributed by atoms with E-state index in [1.54, 1.807) is 30.9 Å². The molecule has 5 rings (SSSR count). The quantitative estimate of drug-likeness (QED) is 0.582. The van der Waals surface area contributed by atoms with Crippen LogP contribution in [0.25, 0.3) is 0 Å². The summed E-state index contributed by atoms with van der Waals surface area (Å²) < 4.78 is 6.03. The zero-order valence-corrected chi connectivity index (χ0v) is 19.3. The minimum atomic E-state index is -0.972. The van der Waals surface area contributed by atoms with E-state index < -0.39 is 5.60 Å². The average molecular weight is 441 g/mol. The average Bonchev–Trinajstić information content (AvgIpc) is 2.82. The van der Waals surface area contributed by atoms with Gasteiger partial charge in [-0.25, -0.2) is 0 Å². The molecule has 2 amide bonds. The Morgan fingerprint density at radius 3 is 2.48 bits per heavy atom. The second kappa shape index (κ2) is 8.07. The molecule has 3 aromatic rings. The van der Waals surface area contributed by atoms with Gasteiger partial charge >= 0.3 is 0 Å². The normalized spacial score (nSPS) is 16.6. The van der Waals surface area contributed by atoms with Crippen molar-refractivity contribution in [3.05, 3.63) is 94.5 Å². The van der Waals surface area contributed by atoms with Gasteiger partial charge in [0.05, 0.1) is 12.2 Å². The highest BCUT2D eigenvalue weighted by molar-refractivity contribution is 6.04. The number of nitrogens with zero attached hydrogens (tertiary/aromatic N) is 2. The molecule has 0 aromatic heterocycles. The van der Waals surface area contributed by atoms with Gasteiger partial charge in [0.25, 0.3) is 11.8 Å². The van der Waals surface area contributed by atoms with Crippen molar-refractivity contribution < 1.29 is 14.3 Å². The Morgan fingerprint density at radius 1 is 1.00 bits per heavy atom. The van der Waals surface area contributed by atoms with E-state index in [0.717, 1.165) is 12.0 Å². The second-order valence-electron chi connectivity index (χ2n) is 9.42. The molecule has 0 aliphatic carbocycles. The minimum absolute atomic E-state index is 0.0279. The summed E-state index contributed by atoms with van der Waals surface area (Å²) in [6.45, 7) is 7.31. The van der Waals surface area contributed by atoms with Crippen LogP contribution in [0.2, 0.25) is 0 Å². The Balaban J connectivity index is 1.46. The molecule has 3 aromatic carbocycles. The van der Waals surface area contributed by atoms with Crippen molar-refractivity contribution in [3.8, 4) is 5.75 Å². The molecule has 0 N–H and O–H groups in total. The van der Waals surface area contributed by atoms with E-state index in [-0.39, 0.29) is 11.8 Å². The molecule has 2 aliphatic heterocycles. The first-order chi connectivity index (χ1) is 15.8. The lowest BCUT2D eigenvalue weighted by molar-refractivity contribution is -0.132. The van der Waals surface area contributed by atoms with Crippen LogP contribution in [0, 0.1) is 6.92 Å². The third-order valence-corrected chi connectivity index (χ3v) is 6.50. The molecule has 0 spiro atoms. The molecule has 0 bridgehead atoms. The maximum Gasteiger partial charge on any atom is 0.271 e. The fraction of sp³-hybridized carbons (Fsp3) is 0.286. The Bertz CT molecular complexity index is 1230. The zero-order chi connectivity index (χ0) is 23.2. The lowest BCUT2D eigenvalue weighted by Gasteiger charge is -2.39. The maximum atomic E-state index is 13.4. The smallest absolute Gasteiger partial charge is 0.271 e. The first-order valence-corrected chi connectivity index (χ1v) is 11.4. The molecule has 0 radical (unpaired) electrons. The van der Waals surface area contributed by atoms with Crippen molar-refractivity contribution in [2.45, 2.75) is 45.9 Å². The first-order valence-electron chi connectivity index (χ1n) is 11.4. The highest BCUT2D eigenvalue weighted by atomic mass is 16.5. The summed E-state index contributed by atoms with van der Waals surface area (Å²) >= 11 is 0. The lowest BCUT2D eigenvalue weighted by atomic mass is 9.98. The van der Waals surface area contributed by atoms with Crippen LogP contribution >= 0.6 is 0 Å². The second-order valence-corrected chi connectivity index (χ2v) is 9.42. The lowest BCUT2D eigenvalue weighted by Crippen LogP contribution is -2.52. The Morgan fingerprint density at radius 2 is 1.73 bits per heavy atom. The summed E-state index contributed by atoms with van der Waals surface area (Å²) in [6, 6.07) is 21.8. The Labute approximate surface area is 194 Å². The number of anilines is 1. The maximum absolute atomic E-state index is 13.4. The molecule has 0 saturated carbocycles. The van der Waals surface area contributed by atoms with Gasteiger partial charge in [-0.15, -0.1) is 0 Å². The van der Waals surface area contributed by atoms with Crippen LogP contribution in [0.15, 0.2) is 66.7 Å². The predicted octanol–water partition coefficient (Wildman–Crippen LogP) is 4.90. The van der Waals surface area contributed by atoms with E-state index in [4.69, 9.17) is 4.74 Å². The number of benzene rings is 3. The SMILES string of the molecule is Cc1ccc(CN2C(=O)C(C)(C)Oc3ccc(C(=O)N4CCc5ccccc5C4)cc32)cc1. The number of carbonyl (C=O) groups excluding carboxylic acids is 2. The van der Waals surface area contributed by atoms with Crippen molar-refractivity contribution in [2.24, 2.45) is 0 Å². The van der Waals surface area contributed by atoms with Crippen molar-refractivity contribution in [3.63, 3.8) is 0 Å². The van der Waals surface area contributed by atoms with Gasteiger partial charge in [-0.05, 0) is 62.1 Å². The van der Waals surface area contributed by atoms with Gasteiger partial charge in [0.1, 0.15) is 5.75 Å². The summed E-state index contributed by atoms with van der Waals surface area (Å²) in [5, 5.41) is 0. The highest BCUT2D eigenvalue weighted by Gasteiger charge is 2.41. The molecule has 2 aliphatic rings. The Hall–Kier alpha value is -3.60. The minimum Gasteiger partial charge on any atom is -0.476 e. The van der Waals surface area contributed by atoms with E-state index in [9.17, 15) is 9.59 Å². The fourth-order valence-electron chi connectivity index (χ4n) is 4.59. The third kappa shape index (κ3) is 3.99.